The van der Waals surface area contributed by atoms with E-state index in [1.165, 1.54) is 38.0 Å². The summed E-state index contributed by atoms with van der Waals surface area (Å²) in [6, 6.07) is 8.22. The topological polar surface area (TPSA) is 24.5 Å². The fraction of sp³-hybridized carbons (Fsp3) is 0.556. The maximum Gasteiger partial charge on any atom is 0.124 e. The summed E-state index contributed by atoms with van der Waals surface area (Å²) in [7, 11) is 0. The lowest BCUT2D eigenvalue weighted by atomic mass is 10.1. The molecule has 1 aromatic carbocycles. The Morgan fingerprint density at radius 1 is 1.33 bits per heavy atom. The summed E-state index contributed by atoms with van der Waals surface area (Å²) in [4.78, 5) is 2.58. The number of ether oxygens (including phenoxy) is 1. The predicted molar refractivity (Wildman–Crippen MR) is 88.7 cm³/mol. The number of nitrogens with one attached hydrogen (secondary N) is 1. The molecule has 0 aromatic heterocycles. The van der Waals surface area contributed by atoms with Crippen molar-refractivity contribution in [2.75, 3.05) is 32.8 Å². The van der Waals surface area contributed by atoms with E-state index in [9.17, 15) is 0 Å². The molecule has 1 saturated heterocycles. The largest absolute Gasteiger partial charge is 0.489 e. The number of hydrogen-bond donors (Lipinski definition) is 1. The van der Waals surface area contributed by atoms with E-state index < -0.39 is 0 Å². The molecule has 1 heterocycles. The highest BCUT2D eigenvalue weighted by atomic mass is 16.5. The first kappa shape index (κ1) is 16.1. The van der Waals surface area contributed by atoms with Crippen LogP contribution >= 0.6 is 0 Å². The molecule has 1 atom stereocenters. The predicted octanol–water partition coefficient (Wildman–Crippen LogP) is 3.07. The van der Waals surface area contributed by atoms with Gasteiger partial charge in [-0.15, -0.1) is 0 Å². The van der Waals surface area contributed by atoms with E-state index in [1.807, 2.05) is 12.1 Å². The van der Waals surface area contributed by atoms with Crippen LogP contribution in [0.4, 0.5) is 0 Å². The Morgan fingerprint density at radius 3 is 2.86 bits per heavy atom. The second-order valence-corrected chi connectivity index (χ2v) is 5.95. The van der Waals surface area contributed by atoms with Crippen molar-refractivity contribution < 1.29 is 4.74 Å². The van der Waals surface area contributed by atoms with E-state index in [4.69, 9.17) is 4.74 Å². The van der Waals surface area contributed by atoms with Crippen LogP contribution in [0.3, 0.4) is 0 Å². The molecule has 116 valence electrons. The van der Waals surface area contributed by atoms with Crippen LogP contribution < -0.4 is 10.1 Å². The van der Waals surface area contributed by atoms with E-state index in [0.717, 1.165) is 18.8 Å². The third-order valence-corrected chi connectivity index (χ3v) is 3.91. The number of benzene rings is 1. The van der Waals surface area contributed by atoms with Crippen LogP contribution in [0.15, 0.2) is 36.9 Å². The lowest BCUT2D eigenvalue weighted by molar-refractivity contribution is 0.282. The van der Waals surface area contributed by atoms with E-state index in [2.05, 4.69) is 35.9 Å². The fourth-order valence-electron chi connectivity index (χ4n) is 2.86. The van der Waals surface area contributed by atoms with Gasteiger partial charge in [-0.05, 0) is 44.5 Å². The van der Waals surface area contributed by atoms with Crippen LogP contribution in [0, 0.1) is 5.92 Å². The Labute approximate surface area is 129 Å². The maximum absolute atomic E-state index is 5.69. The number of para-hydroxylation sites is 1. The van der Waals surface area contributed by atoms with Crippen molar-refractivity contribution in [2.45, 2.75) is 26.3 Å². The number of rotatable bonds is 9. The molecule has 2 rings (SSSR count). The Bertz CT molecular complexity index is 427. The van der Waals surface area contributed by atoms with E-state index in [0.29, 0.717) is 12.5 Å². The minimum atomic E-state index is 0.558. The van der Waals surface area contributed by atoms with Gasteiger partial charge in [0.2, 0.25) is 0 Å². The van der Waals surface area contributed by atoms with Gasteiger partial charge in [-0.1, -0.05) is 37.8 Å². The molecule has 1 N–H and O–H groups in total. The molecule has 1 aliphatic heterocycles. The summed E-state index contributed by atoms with van der Waals surface area (Å²) in [5.74, 6) is 1.64. The normalized spacial score (nSPS) is 16.8. The van der Waals surface area contributed by atoms with Gasteiger partial charge in [0.1, 0.15) is 12.4 Å². The average Bonchev–Trinajstić information content (AvgIpc) is 2.99. The SMILES string of the molecule is C=CCOc1ccccc1CNCC(C)CN1CCCC1. The summed E-state index contributed by atoms with van der Waals surface area (Å²) in [5, 5.41) is 3.56. The van der Waals surface area contributed by atoms with Gasteiger partial charge in [0, 0.05) is 18.7 Å². The van der Waals surface area contributed by atoms with E-state index in [1.54, 1.807) is 6.08 Å². The molecular formula is C18H28N2O. The van der Waals surface area contributed by atoms with Gasteiger partial charge in [0.05, 0.1) is 0 Å². The van der Waals surface area contributed by atoms with Gasteiger partial charge in [0.15, 0.2) is 0 Å². The second-order valence-electron chi connectivity index (χ2n) is 5.95. The summed E-state index contributed by atoms with van der Waals surface area (Å²) in [6.07, 6.45) is 4.52. The Balaban J connectivity index is 1.73. The third kappa shape index (κ3) is 5.52. The highest BCUT2D eigenvalue weighted by molar-refractivity contribution is 5.33. The first-order chi connectivity index (χ1) is 10.3. The van der Waals surface area contributed by atoms with Crippen LogP contribution in [-0.2, 0) is 6.54 Å². The molecule has 1 fully saturated rings. The van der Waals surface area contributed by atoms with Gasteiger partial charge >= 0.3 is 0 Å². The molecule has 1 unspecified atom stereocenters. The zero-order valence-electron chi connectivity index (χ0n) is 13.2. The molecule has 3 nitrogen and oxygen atoms in total. The Hall–Kier alpha value is -1.32. The number of hydrogen-bond acceptors (Lipinski definition) is 3. The second kappa shape index (κ2) is 8.85. The van der Waals surface area contributed by atoms with Crippen molar-refractivity contribution in [3.8, 4) is 5.75 Å². The third-order valence-electron chi connectivity index (χ3n) is 3.91. The zero-order chi connectivity index (χ0) is 14.9. The van der Waals surface area contributed by atoms with Crippen LogP contribution in [0.25, 0.3) is 0 Å². The molecule has 0 bridgehead atoms. The molecule has 0 aliphatic carbocycles. The maximum atomic E-state index is 5.69. The van der Waals surface area contributed by atoms with Crippen LogP contribution in [-0.4, -0.2) is 37.7 Å². The van der Waals surface area contributed by atoms with E-state index in [-0.39, 0.29) is 0 Å². The van der Waals surface area contributed by atoms with Crippen molar-refractivity contribution in [3.05, 3.63) is 42.5 Å². The van der Waals surface area contributed by atoms with Crippen LogP contribution in [0.5, 0.6) is 5.75 Å². The van der Waals surface area contributed by atoms with Crippen molar-refractivity contribution in [1.82, 2.24) is 10.2 Å². The zero-order valence-corrected chi connectivity index (χ0v) is 13.2. The molecule has 0 radical (unpaired) electrons. The number of likely N-dealkylation sites (tertiary alicyclic amines) is 1. The standard InChI is InChI=1S/C18H28N2O/c1-3-12-21-18-9-5-4-8-17(18)14-19-13-16(2)15-20-10-6-7-11-20/h3-5,8-9,16,19H,1,6-7,10-15H2,2H3. The first-order valence-electron chi connectivity index (χ1n) is 8.04. The van der Waals surface area contributed by atoms with Crippen molar-refractivity contribution in [3.63, 3.8) is 0 Å². The molecule has 1 aliphatic rings. The Kier molecular flexibility index (Phi) is 6.77. The minimum absolute atomic E-state index is 0.558. The molecule has 0 saturated carbocycles. The van der Waals surface area contributed by atoms with E-state index >= 15 is 0 Å². The quantitative estimate of drug-likeness (QED) is 0.707. The van der Waals surface area contributed by atoms with Crippen molar-refractivity contribution in [1.29, 1.82) is 0 Å². The molecule has 0 spiro atoms. The van der Waals surface area contributed by atoms with Crippen LogP contribution in [0.1, 0.15) is 25.3 Å². The Morgan fingerprint density at radius 2 is 2.10 bits per heavy atom. The van der Waals surface area contributed by atoms with Gasteiger partial charge in [-0.3, -0.25) is 0 Å². The summed E-state index contributed by atoms with van der Waals surface area (Å²) < 4.78 is 5.69. The molecule has 3 heteroatoms. The molecular weight excluding hydrogens is 260 g/mol. The van der Waals surface area contributed by atoms with Crippen LogP contribution in [0.2, 0.25) is 0 Å². The highest BCUT2D eigenvalue weighted by Gasteiger charge is 2.14. The van der Waals surface area contributed by atoms with Gasteiger partial charge in [0.25, 0.3) is 0 Å². The lowest BCUT2D eigenvalue weighted by Crippen LogP contribution is -2.31. The fourth-order valence-corrected chi connectivity index (χ4v) is 2.86. The lowest BCUT2D eigenvalue weighted by Gasteiger charge is -2.20. The van der Waals surface area contributed by atoms with Crippen molar-refractivity contribution in [2.24, 2.45) is 5.92 Å². The molecule has 1 aromatic rings. The molecule has 21 heavy (non-hydrogen) atoms. The highest BCUT2D eigenvalue weighted by Crippen LogP contribution is 2.17. The summed E-state index contributed by atoms with van der Waals surface area (Å²) in [6.45, 7) is 12.3. The number of nitrogens with zero attached hydrogens (tertiary/aromatic N) is 1. The van der Waals surface area contributed by atoms with Gasteiger partial charge in [-0.25, -0.2) is 0 Å². The minimum Gasteiger partial charge on any atom is -0.489 e. The van der Waals surface area contributed by atoms with Crippen molar-refractivity contribution >= 4 is 0 Å². The smallest absolute Gasteiger partial charge is 0.124 e. The first-order valence-corrected chi connectivity index (χ1v) is 8.04. The average molecular weight is 288 g/mol. The van der Waals surface area contributed by atoms with Gasteiger partial charge in [-0.2, -0.15) is 0 Å². The monoisotopic (exact) mass is 288 g/mol. The molecule has 0 amide bonds. The summed E-state index contributed by atoms with van der Waals surface area (Å²) >= 11 is 0. The summed E-state index contributed by atoms with van der Waals surface area (Å²) in [5.41, 5.74) is 1.22. The van der Waals surface area contributed by atoms with Gasteiger partial charge < -0.3 is 15.0 Å².